The summed E-state index contributed by atoms with van der Waals surface area (Å²) in [5, 5.41) is 10.0. The minimum Gasteiger partial charge on any atom is -0.268 e. The number of rotatable bonds is 4. The first-order valence-corrected chi connectivity index (χ1v) is 9.08. The molecule has 0 saturated heterocycles. The van der Waals surface area contributed by atoms with Crippen molar-refractivity contribution in [3.05, 3.63) is 64.4 Å². The van der Waals surface area contributed by atoms with Gasteiger partial charge in [-0.1, -0.05) is 55.9 Å². The summed E-state index contributed by atoms with van der Waals surface area (Å²) in [5.74, 6) is 0.265. The summed E-state index contributed by atoms with van der Waals surface area (Å²) >= 11 is 1.31. The summed E-state index contributed by atoms with van der Waals surface area (Å²) in [7, 11) is 0. The van der Waals surface area contributed by atoms with E-state index in [0.29, 0.717) is 16.1 Å². The van der Waals surface area contributed by atoms with E-state index >= 15 is 0 Å². The van der Waals surface area contributed by atoms with Crippen LogP contribution in [0, 0.1) is 11.3 Å². The van der Waals surface area contributed by atoms with E-state index < -0.39 is 0 Å². The predicted molar refractivity (Wildman–Crippen MR) is 102 cm³/mol. The number of nitrogens with zero attached hydrogens (tertiary/aromatic N) is 3. The van der Waals surface area contributed by atoms with E-state index in [0.717, 1.165) is 11.3 Å². The second-order valence-electron chi connectivity index (χ2n) is 6.15. The quantitative estimate of drug-likeness (QED) is 0.513. The molecule has 5 heteroatoms. The van der Waals surface area contributed by atoms with Gasteiger partial charge in [-0.3, -0.25) is 9.36 Å². The molecular formula is C20H19N3OS. The van der Waals surface area contributed by atoms with E-state index in [9.17, 15) is 10.1 Å². The number of para-hydroxylation sites is 2. The first-order chi connectivity index (χ1) is 12.0. The molecule has 1 heterocycles. The van der Waals surface area contributed by atoms with Crippen LogP contribution in [0.4, 0.5) is 0 Å². The van der Waals surface area contributed by atoms with Crippen molar-refractivity contribution in [2.24, 2.45) is 0 Å². The van der Waals surface area contributed by atoms with Crippen LogP contribution in [-0.2, 0) is 0 Å². The molecule has 0 unspecified atom stereocenters. The minimum atomic E-state index is -0.300. The smallest absolute Gasteiger partial charge is 0.266 e. The molecule has 0 aliphatic rings. The van der Waals surface area contributed by atoms with Gasteiger partial charge in [0.05, 0.1) is 27.9 Å². The Kier molecular flexibility index (Phi) is 4.91. The Morgan fingerprint density at radius 1 is 1.08 bits per heavy atom. The third-order valence-corrected chi connectivity index (χ3v) is 4.95. The Hall–Kier alpha value is -2.58. The lowest BCUT2D eigenvalue weighted by molar-refractivity contribution is 0.779. The third kappa shape index (κ3) is 3.31. The first kappa shape index (κ1) is 17.2. The van der Waals surface area contributed by atoms with Gasteiger partial charge in [0.25, 0.3) is 5.56 Å². The van der Waals surface area contributed by atoms with Gasteiger partial charge >= 0.3 is 0 Å². The van der Waals surface area contributed by atoms with E-state index in [1.54, 1.807) is 10.6 Å². The normalized spacial score (nSPS) is 12.3. The van der Waals surface area contributed by atoms with Gasteiger partial charge in [0.2, 0.25) is 0 Å². The van der Waals surface area contributed by atoms with Crippen molar-refractivity contribution >= 4 is 22.7 Å². The number of benzene rings is 2. The van der Waals surface area contributed by atoms with Crippen LogP contribution in [0.15, 0.2) is 58.5 Å². The highest BCUT2D eigenvalue weighted by Gasteiger charge is 2.18. The van der Waals surface area contributed by atoms with Gasteiger partial charge in [-0.15, -0.1) is 0 Å². The number of hydrogen-bond acceptors (Lipinski definition) is 4. The number of nitriles is 1. The van der Waals surface area contributed by atoms with E-state index in [4.69, 9.17) is 0 Å². The fourth-order valence-electron chi connectivity index (χ4n) is 2.77. The van der Waals surface area contributed by atoms with Crippen molar-refractivity contribution in [1.82, 2.24) is 9.55 Å². The van der Waals surface area contributed by atoms with E-state index in [1.165, 1.54) is 11.8 Å². The number of thioether (sulfide) groups is 1. The second-order valence-corrected chi connectivity index (χ2v) is 7.46. The summed E-state index contributed by atoms with van der Waals surface area (Å²) in [5.41, 5.74) is 2.45. The Morgan fingerprint density at radius 3 is 2.48 bits per heavy atom. The van der Waals surface area contributed by atoms with Gasteiger partial charge in [-0.2, -0.15) is 5.26 Å². The molecule has 1 atom stereocenters. The Bertz CT molecular complexity index is 1020. The van der Waals surface area contributed by atoms with Crippen molar-refractivity contribution in [3.63, 3.8) is 0 Å². The van der Waals surface area contributed by atoms with Crippen LogP contribution < -0.4 is 5.56 Å². The van der Waals surface area contributed by atoms with Crippen LogP contribution in [0.25, 0.3) is 16.6 Å². The molecule has 126 valence electrons. The molecule has 0 radical (unpaired) electrons. The highest BCUT2D eigenvalue weighted by Crippen LogP contribution is 2.28. The SMILES string of the molecule is CC(C)c1ccccc1-n1c(S[C@@H](C)C#N)nc2ccccc2c1=O. The van der Waals surface area contributed by atoms with Gasteiger partial charge in [0.15, 0.2) is 5.16 Å². The maximum absolute atomic E-state index is 13.2. The van der Waals surface area contributed by atoms with E-state index in [2.05, 4.69) is 24.9 Å². The topological polar surface area (TPSA) is 58.7 Å². The maximum atomic E-state index is 13.2. The molecule has 0 spiro atoms. The van der Waals surface area contributed by atoms with Crippen LogP contribution >= 0.6 is 11.8 Å². The monoisotopic (exact) mass is 349 g/mol. The number of aromatic nitrogens is 2. The van der Waals surface area contributed by atoms with Crippen LogP contribution in [0.2, 0.25) is 0 Å². The molecular weight excluding hydrogens is 330 g/mol. The zero-order valence-electron chi connectivity index (χ0n) is 14.4. The highest BCUT2D eigenvalue weighted by atomic mass is 32.2. The Labute approximate surface area is 151 Å². The molecule has 25 heavy (non-hydrogen) atoms. The van der Waals surface area contributed by atoms with Gasteiger partial charge in [-0.05, 0) is 36.6 Å². The van der Waals surface area contributed by atoms with Gasteiger partial charge in [-0.25, -0.2) is 4.98 Å². The summed E-state index contributed by atoms with van der Waals surface area (Å²) < 4.78 is 1.65. The molecule has 0 N–H and O–H groups in total. The average molecular weight is 349 g/mol. The predicted octanol–water partition coefficient (Wildman–Crippen LogP) is 4.51. The van der Waals surface area contributed by atoms with Crippen molar-refractivity contribution in [2.45, 2.75) is 37.1 Å². The van der Waals surface area contributed by atoms with Gasteiger partial charge in [0, 0.05) is 0 Å². The highest BCUT2D eigenvalue weighted by molar-refractivity contribution is 8.00. The van der Waals surface area contributed by atoms with Crippen LogP contribution in [0.5, 0.6) is 0 Å². The molecule has 0 fully saturated rings. The van der Waals surface area contributed by atoms with Crippen LogP contribution in [-0.4, -0.2) is 14.8 Å². The summed E-state index contributed by atoms with van der Waals surface area (Å²) in [6.45, 7) is 6.01. The molecule has 0 aliphatic carbocycles. The summed E-state index contributed by atoms with van der Waals surface area (Å²) in [6, 6.07) is 17.4. The molecule has 1 aromatic heterocycles. The van der Waals surface area contributed by atoms with Crippen LogP contribution in [0.3, 0.4) is 0 Å². The largest absolute Gasteiger partial charge is 0.268 e. The molecule has 0 bridgehead atoms. The van der Waals surface area contributed by atoms with Crippen LogP contribution in [0.1, 0.15) is 32.3 Å². The molecule has 0 amide bonds. The average Bonchev–Trinajstić information content (AvgIpc) is 2.62. The van der Waals surface area contributed by atoms with Crippen molar-refractivity contribution in [3.8, 4) is 11.8 Å². The van der Waals surface area contributed by atoms with Crippen molar-refractivity contribution < 1.29 is 0 Å². The molecule has 0 aliphatic heterocycles. The molecule has 0 saturated carbocycles. The molecule has 3 aromatic rings. The van der Waals surface area contributed by atoms with Crippen molar-refractivity contribution in [2.75, 3.05) is 0 Å². The zero-order chi connectivity index (χ0) is 18.0. The van der Waals surface area contributed by atoms with Crippen molar-refractivity contribution in [1.29, 1.82) is 5.26 Å². The number of hydrogen-bond donors (Lipinski definition) is 0. The van der Waals surface area contributed by atoms with Gasteiger partial charge in [0.1, 0.15) is 0 Å². The fourth-order valence-corrected chi connectivity index (χ4v) is 3.57. The minimum absolute atomic E-state index is 0.105. The van der Waals surface area contributed by atoms with E-state index in [-0.39, 0.29) is 16.7 Å². The van der Waals surface area contributed by atoms with E-state index in [1.807, 2.05) is 49.4 Å². The molecule has 3 rings (SSSR count). The first-order valence-electron chi connectivity index (χ1n) is 8.20. The summed E-state index contributed by atoms with van der Waals surface area (Å²) in [6.07, 6.45) is 0. The zero-order valence-corrected chi connectivity index (χ0v) is 15.2. The van der Waals surface area contributed by atoms with Gasteiger partial charge < -0.3 is 0 Å². The standard InChI is InChI=1S/C20H19N3OS/c1-13(2)15-8-5-7-11-18(15)23-19(24)16-9-4-6-10-17(16)22-20(23)25-14(3)12-21/h4-11,13-14H,1-3H3/t14-/m0/s1. The molecule has 4 nitrogen and oxygen atoms in total. The lowest BCUT2D eigenvalue weighted by Gasteiger charge is -2.18. The Morgan fingerprint density at radius 2 is 1.76 bits per heavy atom. The maximum Gasteiger partial charge on any atom is 0.266 e. The fraction of sp³-hybridized carbons (Fsp3) is 0.250. The number of fused-ring (bicyclic) bond motifs is 1. The second kappa shape index (κ2) is 7.12. The lowest BCUT2D eigenvalue weighted by Crippen LogP contribution is -2.23. The molecule has 2 aromatic carbocycles. The lowest BCUT2D eigenvalue weighted by atomic mass is 10.0. The Balaban J connectivity index is 2.37. The summed E-state index contributed by atoms with van der Waals surface area (Å²) in [4.78, 5) is 17.9. The third-order valence-electron chi connectivity index (χ3n) is 4.01.